The van der Waals surface area contributed by atoms with Crippen LogP contribution in [0.3, 0.4) is 0 Å². The maximum Gasteiger partial charge on any atom is 0.249 e. The topological polar surface area (TPSA) is 118 Å². The van der Waals surface area contributed by atoms with Gasteiger partial charge in [-0.15, -0.1) is 13.2 Å². The molecule has 0 fully saturated rings. The largest absolute Gasteiger partial charge is 0.493 e. The van der Waals surface area contributed by atoms with Crippen molar-refractivity contribution < 1.29 is 23.9 Å². The molecule has 33 heavy (non-hydrogen) atoms. The Morgan fingerprint density at radius 2 is 1.58 bits per heavy atom. The molecular formula is C25H23N3O5. The lowest BCUT2D eigenvalue weighted by Gasteiger charge is -2.23. The number of carbonyl (C=O) groups excluding carboxylic acids is 3. The lowest BCUT2D eigenvalue weighted by atomic mass is 9.82. The van der Waals surface area contributed by atoms with Crippen LogP contribution in [-0.2, 0) is 0 Å². The van der Waals surface area contributed by atoms with Crippen LogP contribution >= 0.6 is 0 Å². The van der Waals surface area contributed by atoms with E-state index in [1.165, 1.54) is 12.1 Å². The monoisotopic (exact) mass is 445 g/mol. The smallest absolute Gasteiger partial charge is 0.249 e. The van der Waals surface area contributed by atoms with Crippen molar-refractivity contribution in [2.24, 2.45) is 5.11 Å². The van der Waals surface area contributed by atoms with E-state index in [1.807, 2.05) is 0 Å². The van der Waals surface area contributed by atoms with Crippen LogP contribution in [0.5, 0.6) is 11.5 Å². The number of hydrogen-bond acceptors (Lipinski definition) is 5. The van der Waals surface area contributed by atoms with E-state index in [1.54, 1.807) is 30.4 Å². The van der Waals surface area contributed by atoms with Gasteiger partial charge in [-0.1, -0.05) is 24.3 Å². The second kappa shape index (κ2) is 10.9. The molecular weight excluding hydrogens is 422 g/mol. The molecule has 0 atom stereocenters. The maximum atomic E-state index is 13.6. The SMILES string of the molecule is C=CCCCOc1cccc2c1C(=O)c1c(OCCCC=C)cc(C(=O)N=[N+]=[N-])cc1C2=O. The fourth-order valence-corrected chi connectivity index (χ4v) is 3.53. The molecule has 1 aliphatic rings. The van der Waals surface area contributed by atoms with Crippen LogP contribution in [0, 0.1) is 0 Å². The molecule has 0 unspecified atom stereocenters. The summed E-state index contributed by atoms with van der Waals surface area (Å²) in [7, 11) is 0. The first-order valence-corrected chi connectivity index (χ1v) is 10.5. The summed E-state index contributed by atoms with van der Waals surface area (Å²) in [5, 5.41) is 3.10. The highest BCUT2D eigenvalue weighted by atomic mass is 16.5. The Labute approximate surface area is 191 Å². The number of rotatable bonds is 11. The highest BCUT2D eigenvalue weighted by molar-refractivity contribution is 6.30. The third-order valence-corrected chi connectivity index (χ3v) is 5.07. The molecule has 0 radical (unpaired) electrons. The van der Waals surface area contributed by atoms with Gasteiger partial charge in [0.25, 0.3) is 0 Å². The Morgan fingerprint density at radius 3 is 2.21 bits per heavy atom. The van der Waals surface area contributed by atoms with E-state index in [0.717, 1.165) is 6.42 Å². The average Bonchev–Trinajstić information content (AvgIpc) is 2.82. The van der Waals surface area contributed by atoms with Gasteiger partial charge in [-0.3, -0.25) is 14.4 Å². The molecule has 1 amide bonds. The fraction of sp³-hybridized carbons (Fsp3) is 0.240. The van der Waals surface area contributed by atoms with Crippen molar-refractivity contribution in [3.63, 3.8) is 0 Å². The minimum atomic E-state index is -0.874. The van der Waals surface area contributed by atoms with Gasteiger partial charge >= 0.3 is 0 Å². The molecule has 0 N–H and O–H groups in total. The Hall–Kier alpha value is -4.16. The third-order valence-electron chi connectivity index (χ3n) is 5.07. The van der Waals surface area contributed by atoms with Crippen LogP contribution in [-0.4, -0.2) is 30.7 Å². The first-order chi connectivity index (χ1) is 16.0. The third kappa shape index (κ3) is 5.02. The van der Waals surface area contributed by atoms with Crippen molar-refractivity contribution >= 4 is 17.5 Å². The molecule has 168 valence electrons. The van der Waals surface area contributed by atoms with Crippen molar-refractivity contribution in [1.29, 1.82) is 0 Å². The molecule has 3 rings (SSSR count). The van der Waals surface area contributed by atoms with Crippen molar-refractivity contribution in [2.45, 2.75) is 25.7 Å². The quantitative estimate of drug-likeness (QED) is 0.125. The Balaban J connectivity index is 2.08. The summed E-state index contributed by atoms with van der Waals surface area (Å²) < 4.78 is 11.6. The molecule has 8 heteroatoms. The molecule has 0 heterocycles. The molecule has 0 saturated carbocycles. The highest BCUT2D eigenvalue weighted by Crippen LogP contribution is 2.38. The lowest BCUT2D eigenvalue weighted by molar-refractivity contribution is 0.0969. The first-order valence-electron chi connectivity index (χ1n) is 10.5. The summed E-state index contributed by atoms with van der Waals surface area (Å²) in [6, 6.07) is 7.42. The minimum absolute atomic E-state index is 0.0222. The second-order valence-corrected chi connectivity index (χ2v) is 7.29. The Morgan fingerprint density at radius 1 is 0.939 bits per heavy atom. The number of nitrogens with zero attached hydrogens (tertiary/aromatic N) is 3. The van der Waals surface area contributed by atoms with E-state index in [-0.39, 0.29) is 40.2 Å². The van der Waals surface area contributed by atoms with Gasteiger partial charge in [0.1, 0.15) is 11.5 Å². The van der Waals surface area contributed by atoms with Gasteiger partial charge in [0.2, 0.25) is 11.7 Å². The van der Waals surface area contributed by atoms with Gasteiger partial charge in [0.15, 0.2) is 5.78 Å². The zero-order chi connectivity index (χ0) is 23.8. The van der Waals surface area contributed by atoms with Crippen LogP contribution < -0.4 is 9.47 Å². The van der Waals surface area contributed by atoms with Crippen LogP contribution in [0.25, 0.3) is 10.4 Å². The number of fused-ring (bicyclic) bond motifs is 2. The van der Waals surface area contributed by atoms with Crippen LogP contribution in [0.4, 0.5) is 0 Å². The fourth-order valence-electron chi connectivity index (χ4n) is 3.53. The summed E-state index contributed by atoms with van der Waals surface area (Å²) in [6.07, 6.45) is 6.31. The highest BCUT2D eigenvalue weighted by Gasteiger charge is 2.36. The molecule has 0 spiro atoms. The summed E-state index contributed by atoms with van der Waals surface area (Å²) >= 11 is 0. The standard InChI is InChI=1S/C25H23N3O5/c1-3-5-7-12-32-19-11-9-10-17-21(19)24(30)22-18(23(17)29)14-16(25(31)27-28-26)15-20(22)33-13-8-6-4-2/h3-4,9-11,14-15H,1-2,5-8,12-13H2. The van der Waals surface area contributed by atoms with Crippen LogP contribution in [0.1, 0.15) is 67.9 Å². The van der Waals surface area contributed by atoms with Gasteiger partial charge in [-0.25, -0.2) is 0 Å². The minimum Gasteiger partial charge on any atom is -0.493 e. The Kier molecular flexibility index (Phi) is 7.78. The van der Waals surface area contributed by atoms with E-state index in [2.05, 4.69) is 23.2 Å². The summed E-state index contributed by atoms with van der Waals surface area (Å²) in [5.74, 6) is -1.35. The zero-order valence-corrected chi connectivity index (χ0v) is 18.1. The number of hydrogen-bond donors (Lipinski definition) is 0. The number of ether oxygens (including phenoxy) is 2. The summed E-state index contributed by atoms with van der Waals surface area (Å²) in [5.41, 5.74) is 9.02. The van der Waals surface area contributed by atoms with Gasteiger partial charge < -0.3 is 9.47 Å². The normalized spacial score (nSPS) is 11.6. The van der Waals surface area contributed by atoms with E-state index >= 15 is 0 Å². The zero-order valence-electron chi connectivity index (χ0n) is 18.1. The first kappa shape index (κ1) is 23.5. The van der Waals surface area contributed by atoms with E-state index < -0.39 is 17.5 Å². The number of unbranched alkanes of at least 4 members (excludes halogenated alkanes) is 2. The molecule has 2 aromatic carbocycles. The van der Waals surface area contributed by atoms with E-state index in [9.17, 15) is 14.4 Å². The van der Waals surface area contributed by atoms with Gasteiger partial charge in [-0.05, 0) is 54.5 Å². The van der Waals surface area contributed by atoms with Crippen LogP contribution in [0.2, 0.25) is 0 Å². The number of carbonyl (C=O) groups is 3. The predicted molar refractivity (Wildman–Crippen MR) is 123 cm³/mol. The predicted octanol–water partition coefficient (Wildman–Crippen LogP) is 5.60. The molecule has 0 aliphatic heterocycles. The van der Waals surface area contributed by atoms with Crippen molar-refractivity contribution in [3.05, 3.63) is 93.9 Å². The molecule has 1 aliphatic carbocycles. The van der Waals surface area contributed by atoms with E-state index in [0.29, 0.717) is 31.6 Å². The van der Waals surface area contributed by atoms with E-state index in [4.69, 9.17) is 15.0 Å². The molecule has 2 aromatic rings. The molecule has 8 nitrogen and oxygen atoms in total. The van der Waals surface area contributed by atoms with Gasteiger partial charge in [0.05, 0.1) is 24.3 Å². The maximum absolute atomic E-state index is 13.6. The lowest BCUT2D eigenvalue weighted by Crippen LogP contribution is -2.24. The molecule has 0 saturated heterocycles. The number of benzene rings is 2. The molecule has 0 bridgehead atoms. The average molecular weight is 445 g/mol. The summed E-state index contributed by atoms with van der Waals surface area (Å²) in [6.45, 7) is 7.94. The molecule has 0 aromatic heterocycles. The second-order valence-electron chi connectivity index (χ2n) is 7.29. The van der Waals surface area contributed by atoms with Crippen molar-refractivity contribution in [2.75, 3.05) is 13.2 Å². The number of allylic oxidation sites excluding steroid dienone is 2. The van der Waals surface area contributed by atoms with Crippen LogP contribution in [0.15, 0.2) is 60.8 Å². The number of azide groups is 1. The van der Waals surface area contributed by atoms with Crippen molar-refractivity contribution in [3.8, 4) is 11.5 Å². The number of ketones is 2. The van der Waals surface area contributed by atoms with Gasteiger partial charge in [0, 0.05) is 21.6 Å². The Bertz CT molecular complexity index is 1180. The summed E-state index contributed by atoms with van der Waals surface area (Å²) in [4.78, 5) is 41.6. The van der Waals surface area contributed by atoms with Crippen molar-refractivity contribution in [1.82, 2.24) is 0 Å². The van der Waals surface area contributed by atoms with Gasteiger partial charge in [-0.2, -0.15) is 0 Å². The number of amides is 1.